The predicted molar refractivity (Wildman–Crippen MR) is 83.1 cm³/mol. The van der Waals surface area contributed by atoms with Crippen molar-refractivity contribution in [1.29, 1.82) is 0 Å². The summed E-state index contributed by atoms with van der Waals surface area (Å²) in [4.78, 5) is 11.8. The van der Waals surface area contributed by atoms with E-state index in [-0.39, 0.29) is 6.03 Å². The maximum atomic E-state index is 11.8. The lowest BCUT2D eigenvalue weighted by Gasteiger charge is -2.11. The molecule has 2 N–H and O–H groups in total. The molecule has 0 heterocycles. The van der Waals surface area contributed by atoms with Crippen molar-refractivity contribution in [1.82, 2.24) is 5.32 Å². The van der Waals surface area contributed by atoms with E-state index in [1.54, 1.807) is 0 Å². The molecule has 0 aliphatic heterocycles. The summed E-state index contributed by atoms with van der Waals surface area (Å²) in [6.45, 7) is 8.40. The molecule has 1 aromatic rings. The van der Waals surface area contributed by atoms with E-state index in [9.17, 15) is 4.79 Å². The predicted octanol–water partition coefficient (Wildman–Crippen LogP) is 3.43. The molecule has 0 atom stereocenters. The van der Waals surface area contributed by atoms with Gasteiger partial charge in [0.05, 0.1) is 0 Å². The number of para-hydroxylation sites is 1. The molecule has 0 fully saturated rings. The van der Waals surface area contributed by atoms with Crippen LogP contribution in [0.3, 0.4) is 0 Å². The molecule has 2 amide bonds. The maximum absolute atomic E-state index is 11.8. The van der Waals surface area contributed by atoms with Crippen LogP contribution in [0.5, 0.6) is 0 Å². The Morgan fingerprint density at radius 3 is 2.75 bits per heavy atom. The average Bonchev–Trinajstić information content (AvgIpc) is 2.43. The first kappa shape index (κ1) is 16.5. The molecule has 0 aliphatic carbocycles. The maximum Gasteiger partial charge on any atom is 0.319 e. The standard InChI is InChI=1S/C16H26N2O2/c1-4-14-8-5-6-9-15(14)18-16(19)17-10-7-11-20-12-13(2)3/h5-6,8-9,13H,4,7,10-12H2,1-3H3,(H2,17,18,19). The number of amides is 2. The molecule has 0 aliphatic rings. The highest BCUT2D eigenvalue weighted by atomic mass is 16.5. The Labute approximate surface area is 121 Å². The fourth-order valence-corrected chi connectivity index (χ4v) is 1.81. The molecule has 0 unspecified atom stereocenters. The van der Waals surface area contributed by atoms with Crippen LogP contribution >= 0.6 is 0 Å². The normalized spacial score (nSPS) is 10.6. The summed E-state index contributed by atoms with van der Waals surface area (Å²) in [6, 6.07) is 7.69. The van der Waals surface area contributed by atoms with Gasteiger partial charge in [-0.15, -0.1) is 0 Å². The Morgan fingerprint density at radius 2 is 2.05 bits per heavy atom. The van der Waals surface area contributed by atoms with Crippen LogP contribution in [0.2, 0.25) is 0 Å². The van der Waals surface area contributed by atoms with Gasteiger partial charge in [0.1, 0.15) is 0 Å². The quantitative estimate of drug-likeness (QED) is 0.716. The van der Waals surface area contributed by atoms with Crippen molar-refractivity contribution in [3.05, 3.63) is 29.8 Å². The van der Waals surface area contributed by atoms with Crippen LogP contribution in [0, 0.1) is 5.92 Å². The van der Waals surface area contributed by atoms with Crippen LogP contribution in [0.4, 0.5) is 10.5 Å². The van der Waals surface area contributed by atoms with Gasteiger partial charge < -0.3 is 15.4 Å². The summed E-state index contributed by atoms with van der Waals surface area (Å²) in [7, 11) is 0. The van der Waals surface area contributed by atoms with Gasteiger partial charge in [0.25, 0.3) is 0 Å². The number of aryl methyl sites for hydroxylation is 1. The molecule has 4 nitrogen and oxygen atoms in total. The summed E-state index contributed by atoms with van der Waals surface area (Å²) in [5.74, 6) is 0.553. The number of urea groups is 1. The van der Waals surface area contributed by atoms with Gasteiger partial charge >= 0.3 is 6.03 Å². The smallest absolute Gasteiger partial charge is 0.319 e. The number of hydrogen-bond acceptors (Lipinski definition) is 2. The Hall–Kier alpha value is -1.55. The van der Waals surface area contributed by atoms with Crippen LogP contribution < -0.4 is 10.6 Å². The van der Waals surface area contributed by atoms with Gasteiger partial charge in [0.15, 0.2) is 0 Å². The number of rotatable bonds is 8. The highest BCUT2D eigenvalue weighted by Gasteiger charge is 2.04. The number of anilines is 1. The molecule has 1 aromatic carbocycles. The third kappa shape index (κ3) is 6.57. The molecule has 0 radical (unpaired) electrons. The number of carbonyl (C=O) groups excluding carboxylic acids is 1. The highest BCUT2D eigenvalue weighted by molar-refractivity contribution is 5.90. The zero-order valence-corrected chi connectivity index (χ0v) is 12.7. The fourth-order valence-electron chi connectivity index (χ4n) is 1.81. The minimum atomic E-state index is -0.158. The first-order chi connectivity index (χ1) is 9.63. The summed E-state index contributed by atoms with van der Waals surface area (Å²) >= 11 is 0. The molecule has 0 bridgehead atoms. The molecular formula is C16H26N2O2. The number of benzene rings is 1. The number of hydrogen-bond donors (Lipinski definition) is 2. The highest BCUT2D eigenvalue weighted by Crippen LogP contribution is 2.14. The lowest BCUT2D eigenvalue weighted by atomic mass is 10.1. The second-order valence-electron chi connectivity index (χ2n) is 5.21. The van der Waals surface area contributed by atoms with E-state index in [0.717, 1.165) is 30.7 Å². The van der Waals surface area contributed by atoms with Crippen molar-refractivity contribution in [2.75, 3.05) is 25.1 Å². The van der Waals surface area contributed by atoms with E-state index in [2.05, 4.69) is 31.4 Å². The Bertz CT molecular complexity index is 405. The van der Waals surface area contributed by atoms with Crippen LogP contribution in [-0.2, 0) is 11.2 Å². The Morgan fingerprint density at radius 1 is 1.30 bits per heavy atom. The van der Waals surface area contributed by atoms with Crippen LogP contribution in [-0.4, -0.2) is 25.8 Å². The minimum absolute atomic E-state index is 0.158. The average molecular weight is 278 g/mol. The Balaban J connectivity index is 2.20. The summed E-state index contributed by atoms with van der Waals surface area (Å²) in [6.07, 6.45) is 1.73. The molecule has 20 heavy (non-hydrogen) atoms. The molecule has 0 aromatic heterocycles. The van der Waals surface area contributed by atoms with Crippen molar-refractivity contribution in [2.45, 2.75) is 33.6 Å². The molecule has 112 valence electrons. The number of nitrogens with one attached hydrogen (secondary N) is 2. The van der Waals surface area contributed by atoms with E-state index in [0.29, 0.717) is 19.1 Å². The van der Waals surface area contributed by atoms with Crippen molar-refractivity contribution >= 4 is 11.7 Å². The van der Waals surface area contributed by atoms with Gasteiger partial charge in [-0.05, 0) is 30.4 Å². The van der Waals surface area contributed by atoms with Gasteiger partial charge in [-0.25, -0.2) is 4.79 Å². The molecule has 4 heteroatoms. The second kappa shape index (κ2) is 9.37. The third-order valence-electron chi connectivity index (χ3n) is 2.85. The van der Waals surface area contributed by atoms with Gasteiger partial charge in [-0.3, -0.25) is 0 Å². The van der Waals surface area contributed by atoms with Crippen molar-refractivity contribution in [3.8, 4) is 0 Å². The molecule has 1 rings (SSSR count). The van der Waals surface area contributed by atoms with E-state index >= 15 is 0 Å². The van der Waals surface area contributed by atoms with E-state index in [1.807, 2.05) is 24.3 Å². The molecule has 0 saturated heterocycles. The van der Waals surface area contributed by atoms with E-state index < -0.39 is 0 Å². The van der Waals surface area contributed by atoms with Crippen molar-refractivity contribution in [3.63, 3.8) is 0 Å². The van der Waals surface area contributed by atoms with Crippen LogP contribution in [0.1, 0.15) is 32.8 Å². The largest absolute Gasteiger partial charge is 0.381 e. The monoisotopic (exact) mass is 278 g/mol. The van der Waals surface area contributed by atoms with Crippen LogP contribution in [0.25, 0.3) is 0 Å². The first-order valence-corrected chi connectivity index (χ1v) is 7.34. The number of carbonyl (C=O) groups is 1. The van der Waals surface area contributed by atoms with Gasteiger partial charge in [-0.1, -0.05) is 39.0 Å². The lowest BCUT2D eigenvalue weighted by molar-refractivity contribution is 0.108. The van der Waals surface area contributed by atoms with Gasteiger partial charge in [0.2, 0.25) is 0 Å². The summed E-state index contributed by atoms with van der Waals surface area (Å²) < 4.78 is 5.46. The second-order valence-corrected chi connectivity index (χ2v) is 5.21. The Kier molecular flexibility index (Phi) is 7.73. The first-order valence-electron chi connectivity index (χ1n) is 7.34. The van der Waals surface area contributed by atoms with E-state index in [1.165, 1.54) is 0 Å². The molecule has 0 saturated carbocycles. The zero-order valence-electron chi connectivity index (χ0n) is 12.7. The number of ether oxygens (including phenoxy) is 1. The third-order valence-corrected chi connectivity index (χ3v) is 2.85. The zero-order chi connectivity index (χ0) is 14.8. The lowest BCUT2D eigenvalue weighted by Crippen LogP contribution is -2.30. The summed E-state index contributed by atoms with van der Waals surface area (Å²) in [5.41, 5.74) is 2.02. The van der Waals surface area contributed by atoms with Crippen molar-refractivity contribution < 1.29 is 9.53 Å². The molecule has 0 spiro atoms. The molecular weight excluding hydrogens is 252 g/mol. The van der Waals surface area contributed by atoms with E-state index in [4.69, 9.17) is 4.74 Å². The van der Waals surface area contributed by atoms with Crippen LogP contribution in [0.15, 0.2) is 24.3 Å². The van der Waals surface area contributed by atoms with Gasteiger partial charge in [0, 0.05) is 25.4 Å². The van der Waals surface area contributed by atoms with Gasteiger partial charge in [-0.2, -0.15) is 0 Å². The SMILES string of the molecule is CCc1ccccc1NC(=O)NCCCOCC(C)C. The minimum Gasteiger partial charge on any atom is -0.381 e. The fraction of sp³-hybridized carbons (Fsp3) is 0.562. The topological polar surface area (TPSA) is 50.4 Å². The summed E-state index contributed by atoms with van der Waals surface area (Å²) in [5, 5.41) is 5.72. The van der Waals surface area contributed by atoms with Crippen molar-refractivity contribution in [2.24, 2.45) is 5.92 Å².